The molecule has 35 atom stereocenters. The smallest absolute Gasteiger partial charge is 0.217 e. The van der Waals surface area contributed by atoms with Gasteiger partial charge < -0.3 is 169 Å². The number of amides is 2. The van der Waals surface area contributed by atoms with Crippen molar-refractivity contribution in [1.82, 2.24) is 10.6 Å². The van der Waals surface area contributed by atoms with Crippen LogP contribution in [-0.4, -0.2) is 357 Å². The molecule has 7 fully saturated rings. The van der Waals surface area contributed by atoms with E-state index in [2.05, 4.69) is 10.6 Å². The lowest BCUT2D eigenvalue weighted by Gasteiger charge is -2.51. The van der Waals surface area contributed by atoms with E-state index in [1.807, 2.05) is 0 Å². The van der Waals surface area contributed by atoms with E-state index in [1.54, 1.807) is 0 Å². The summed E-state index contributed by atoms with van der Waals surface area (Å²) in [4.78, 5) is 25.7. The molecule has 0 radical (unpaired) electrons. The molecule has 0 spiro atoms. The number of nitrogens with one attached hydrogen (secondary N) is 2. The topological polar surface area (TPSA) is 563 Å². The number of carbonyl (C=O) groups excluding carboxylic acids is 2. The minimum absolute atomic E-state index is 0.826. The molecule has 476 valence electrons. The summed E-state index contributed by atoms with van der Waals surface area (Å²) < 4.78 is 75.9. The molecule has 7 saturated heterocycles. The van der Waals surface area contributed by atoms with Crippen molar-refractivity contribution in [3.63, 3.8) is 0 Å². The molecule has 0 aromatic rings. The zero-order chi connectivity index (χ0) is 60.5. The summed E-state index contributed by atoms with van der Waals surface area (Å²) in [7, 11) is 0. The van der Waals surface area contributed by atoms with Gasteiger partial charge in [0, 0.05) is 13.8 Å². The van der Waals surface area contributed by atoms with Crippen molar-refractivity contribution in [2.75, 3.05) is 33.0 Å². The van der Waals surface area contributed by atoms with Crippen LogP contribution in [0.4, 0.5) is 0 Å². The predicted octanol–water partition coefficient (Wildman–Crippen LogP) is -13.9. The second kappa shape index (κ2) is 28.7. The Balaban J connectivity index is 1.21. The number of hydrogen-bond acceptors (Lipinski definition) is 34. The van der Waals surface area contributed by atoms with Crippen molar-refractivity contribution < 1.29 is 168 Å². The maximum absolute atomic E-state index is 13.0. The Bertz CT molecular complexity index is 2030. The van der Waals surface area contributed by atoms with Crippen LogP contribution < -0.4 is 10.6 Å². The van der Waals surface area contributed by atoms with Crippen LogP contribution in [0, 0.1) is 0 Å². The Labute approximate surface area is 465 Å². The van der Waals surface area contributed by atoms with Gasteiger partial charge in [0.1, 0.15) is 159 Å². The maximum Gasteiger partial charge on any atom is 0.217 e. The molecule has 0 aliphatic carbocycles. The summed E-state index contributed by atoms with van der Waals surface area (Å²) in [5.74, 6) is -1.73. The number of hydrogen-bond donors (Lipinski definition) is 21. The van der Waals surface area contributed by atoms with Crippen LogP contribution >= 0.6 is 0 Å². The molecule has 82 heavy (non-hydrogen) atoms. The fourth-order valence-electron chi connectivity index (χ4n) is 10.5. The maximum atomic E-state index is 13.0. The van der Waals surface area contributed by atoms with Crippen LogP contribution in [0.25, 0.3) is 0 Å². The quantitative estimate of drug-likeness (QED) is 0.0571. The van der Waals surface area contributed by atoms with E-state index in [0.717, 1.165) is 13.8 Å². The average Bonchev–Trinajstić information content (AvgIpc) is 2.90. The van der Waals surface area contributed by atoms with Crippen LogP contribution in [0.3, 0.4) is 0 Å². The molecular weight excluding hydrogens is 1120 g/mol. The van der Waals surface area contributed by atoms with Crippen LogP contribution in [0.2, 0.25) is 0 Å². The lowest BCUT2D eigenvalue weighted by atomic mass is 9.93. The lowest BCUT2D eigenvalue weighted by Crippen LogP contribution is -2.71. The van der Waals surface area contributed by atoms with Crippen molar-refractivity contribution in [2.45, 2.75) is 243 Å². The molecule has 36 heteroatoms. The molecule has 7 aliphatic rings. The van der Waals surface area contributed by atoms with E-state index in [1.165, 1.54) is 13.8 Å². The average molecular weight is 1200 g/mol. The van der Waals surface area contributed by atoms with Crippen LogP contribution in [0.1, 0.15) is 27.7 Å². The Morgan fingerprint density at radius 1 is 0.341 bits per heavy atom. The van der Waals surface area contributed by atoms with Crippen LogP contribution in [0.15, 0.2) is 0 Å². The van der Waals surface area contributed by atoms with Gasteiger partial charge in [-0.1, -0.05) is 0 Å². The highest BCUT2D eigenvalue weighted by Crippen LogP contribution is 2.37. The van der Waals surface area contributed by atoms with Crippen LogP contribution in [-0.2, 0) is 71.2 Å². The molecule has 7 rings (SSSR count). The second-order valence-electron chi connectivity index (χ2n) is 21.1. The highest BCUT2D eigenvalue weighted by atomic mass is 16.8. The van der Waals surface area contributed by atoms with Crippen molar-refractivity contribution in [3.8, 4) is 0 Å². The molecule has 0 aromatic heterocycles. The van der Waals surface area contributed by atoms with Gasteiger partial charge in [-0.05, 0) is 13.8 Å². The molecule has 7 aliphatic heterocycles. The summed E-state index contributed by atoms with van der Waals surface area (Å²) in [5.41, 5.74) is 0. The number of carbonyl (C=O) groups is 2. The SMILES string of the molecule is CC(=O)N[C@@H]1[C@@H](O[C@@H]2O[C@@H](C)[C@@H](O)[C@@H](O)[C@@H]2O)[C@H](O[C@@H]2O[C@H](CO)[C@@H](O[C@@H]3O[C@H](CO[C@@H]4O[C@H](CO)[C@@H](O)[C@H](O)[C@@H]4O)[C@@H](O)[C@H](O[C@@H]4O[C@H](CO)[C@@H](O)[C@H](O)[C@@H]4O)[C@@H]3O)[C@H](O)[C@H]2NC(C)=O)[C@@H](CO[C@H]2O[C@@H](C)[C@@H](O)[C@@H](O)[C@@H]2O)O[C@H]1O. The Morgan fingerprint density at radius 3 is 1.24 bits per heavy atom. The molecule has 0 saturated carbocycles. The third-order valence-corrected chi connectivity index (χ3v) is 15.2. The molecule has 21 N–H and O–H groups in total. The van der Waals surface area contributed by atoms with Crippen LogP contribution in [0.5, 0.6) is 0 Å². The first-order chi connectivity index (χ1) is 38.6. The first-order valence-corrected chi connectivity index (χ1v) is 26.3. The normalized spacial score (nSPS) is 51.3. The number of aliphatic hydroxyl groups excluding tert-OH is 19. The van der Waals surface area contributed by atoms with E-state index in [4.69, 9.17) is 61.6 Å². The first kappa shape index (κ1) is 67.2. The lowest BCUT2D eigenvalue weighted by molar-refractivity contribution is -0.388. The summed E-state index contributed by atoms with van der Waals surface area (Å²) in [6, 6.07) is -3.64. The Morgan fingerprint density at radius 2 is 0.720 bits per heavy atom. The number of aliphatic hydroxyl groups is 19. The number of ether oxygens (including phenoxy) is 13. The minimum atomic E-state index is -2.29. The van der Waals surface area contributed by atoms with Gasteiger partial charge in [-0.2, -0.15) is 0 Å². The zero-order valence-corrected chi connectivity index (χ0v) is 44.4. The predicted molar refractivity (Wildman–Crippen MR) is 252 cm³/mol. The molecule has 0 aromatic carbocycles. The van der Waals surface area contributed by atoms with E-state index in [9.17, 15) is 107 Å². The second-order valence-corrected chi connectivity index (χ2v) is 21.1. The molecule has 2 amide bonds. The van der Waals surface area contributed by atoms with E-state index in [0.29, 0.717) is 0 Å². The highest BCUT2D eigenvalue weighted by molar-refractivity contribution is 5.73. The van der Waals surface area contributed by atoms with Gasteiger partial charge in [0.25, 0.3) is 0 Å². The number of rotatable bonds is 19. The third kappa shape index (κ3) is 14.5. The highest BCUT2D eigenvalue weighted by Gasteiger charge is 2.58. The van der Waals surface area contributed by atoms with Gasteiger partial charge in [-0.25, -0.2) is 0 Å². The Hall–Kier alpha value is -2.34. The largest absolute Gasteiger partial charge is 0.394 e. The van der Waals surface area contributed by atoms with E-state index in [-0.39, 0.29) is 0 Å². The third-order valence-electron chi connectivity index (χ3n) is 15.2. The fourth-order valence-corrected chi connectivity index (χ4v) is 10.5. The molecule has 0 bridgehead atoms. The molecule has 36 nitrogen and oxygen atoms in total. The monoisotopic (exact) mass is 1200 g/mol. The van der Waals surface area contributed by atoms with Gasteiger partial charge in [-0.3, -0.25) is 9.59 Å². The van der Waals surface area contributed by atoms with E-state index < -0.39 is 260 Å². The molecule has 7 heterocycles. The Kier molecular flexibility index (Phi) is 23.5. The van der Waals surface area contributed by atoms with Gasteiger partial charge in [-0.15, -0.1) is 0 Å². The van der Waals surface area contributed by atoms with Gasteiger partial charge >= 0.3 is 0 Å². The molecular formula is C46H78N2O34. The van der Waals surface area contributed by atoms with E-state index >= 15 is 0 Å². The molecule has 0 unspecified atom stereocenters. The zero-order valence-electron chi connectivity index (χ0n) is 44.4. The summed E-state index contributed by atoms with van der Waals surface area (Å²) >= 11 is 0. The van der Waals surface area contributed by atoms with Crippen molar-refractivity contribution in [3.05, 3.63) is 0 Å². The standard InChI is InChI=1S/C46H78N2O34/c1-10-21(54)27(60)31(64)42(72-10)71-9-18-37(38(20(40(69)74-18)48-13(4)53)81-44-33(66)28(61)22(55)11(2)73-44)80-41-19(47-12(3)52)26(59)36(16(7-51)77-41)79-46-35(68)39(82-45-34(67)30(63)24(57)15(6-50)76-45)25(58)17(78-46)8-70-43-32(65)29(62)23(56)14(5-49)75-43/h10-11,14-46,49-51,54-69H,5-9H2,1-4H3,(H,47,52)(H,48,53)/t10-,11-,14+,15+,16+,17+,18+,19+,20+,21+,22+,23+,24+,25+,26+,27+,28+,29-,30-,31-,32-,33-,34-,35-,36+,37+,38+,39-,40+,41-,42-,43+,44-,45-,46-/m0/s1. The summed E-state index contributed by atoms with van der Waals surface area (Å²) in [6.07, 6.45) is -62.0. The van der Waals surface area contributed by atoms with Crippen molar-refractivity contribution in [1.29, 1.82) is 0 Å². The summed E-state index contributed by atoms with van der Waals surface area (Å²) in [6.45, 7) is -0.0441. The summed E-state index contributed by atoms with van der Waals surface area (Å²) in [5, 5.41) is 210. The van der Waals surface area contributed by atoms with Crippen molar-refractivity contribution in [2.24, 2.45) is 0 Å². The fraction of sp³-hybridized carbons (Fsp3) is 0.957. The first-order valence-electron chi connectivity index (χ1n) is 26.3. The van der Waals surface area contributed by atoms with Crippen molar-refractivity contribution >= 4 is 11.8 Å². The minimum Gasteiger partial charge on any atom is -0.394 e. The van der Waals surface area contributed by atoms with Gasteiger partial charge in [0.05, 0.1) is 45.2 Å². The van der Waals surface area contributed by atoms with Gasteiger partial charge in [0.2, 0.25) is 11.8 Å². The van der Waals surface area contributed by atoms with Gasteiger partial charge in [0.15, 0.2) is 44.0 Å².